The second kappa shape index (κ2) is 5.54. The van der Waals surface area contributed by atoms with Crippen LogP contribution in [0.15, 0.2) is 5.10 Å². The molecule has 0 radical (unpaired) electrons. The molecule has 0 saturated carbocycles. The van der Waals surface area contributed by atoms with Crippen molar-refractivity contribution in [1.29, 1.82) is 0 Å². The first-order valence-corrected chi connectivity index (χ1v) is 3.76. The van der Waals surface area contributed by atoms with Crippen molar-refractivity contribution in [3.05, 3.63) is 0 Å². The molecule has 12 heavy (non-hydrogen) atoms. The number of amides is 1. The largest absolute Gasteiger partial charge is 0.446 e. The minimum atomic E-state index is -0.558. The number of hydrogen-bond acceptors (Lipinski definition) is 4. The van der Waals surface area contributed by atoms with E-state index in [4.69, 9.17) is 10.5 Å². The monoisotopic (exact) mass is 173 g/mol. The lowest BCUT2D eigenvalue weighted by molar-refractivity contribution is 0.116. The van der Waals surface area contributed by atoms with Crippen LogP contribution in [0.1, 0.15) is 20.8 Å². The van der Waals surface area contributed by atoms with E-state index in [1.54, 1.807) is 20.8 Å². The molecular formula is C7H15N3O2. The van der Waals surface area contributed by atoms with Crippen LogP contribution in [-0.2, 0) is 4.74 Å². The van der Waals surface area contributed by atoms with Crippen molar-refractivity contribution in [2.24, 2.45) is 10.8 Å². The van der Waals surface area contributed by atoms with Gasteiger partial charge in [0.1, 0.15) is 0 Å². The SMILES string of the molecule is C/C(CN)=N\NC(=O)OC(C)C. The van der Waals surface area contributed by atoms with E-state index in [1.165, 1.54) is 0 Å². The van der Waals surface area contributed by atoms with Gasteiger partial charge in [0, 0.05) is 12.3 Å². The molecule has 70 valence electrons. The molecular weight excluding hydrogens is 158 g/mol. The maximum absolute atomic E-state index is 10.8. The minimum Gasteiger partial charge on any atom is -0.446 e. The van der Waals surface area contributed by atoms with Crippen molar-refractivity contribution in [1.82, 2.24) is 5.43 Å². The van der Waals surface area contributed by atoms with Gasteiger partial charge in [0.25, 0.3) is 0 Å². The van der Waals surface area contributed by atoms with Gasteiger partial charge in [0.15, 0.2) is 0 Å². The minimum absolute atomic E-state index is 0.140. The van der Waals surface area contributed by atoms with Gasteiger partial charge in [-0.2, -0.15) is 5.10 Å². The molecule has 5 nitrogen and oxygen atoms in total. The number of nitrogens with one attached hydrogen (secondary N) is 1. The molecule has 0 aromatic carbocycles. The fourth-order valence-electron chi connectivity index (χ4n) is 0.427. The first-order chi connectivity index (χ1) is 5.56. The Morgan fingerprint density at radius 2 is 2.25 bits per heavy atom. The Hall–Kier alpha value is -1.10. The number of rotatable bonds is 3. The van der Waals surface area contributed by atoms with Gasteiger partial charge >= 0.3 is 6.09 Å². The number of hydrogen-bond donors (Lipinski definition) is 2. The van der Waals surface area contributed by atoms with Gasteiger partial charge < -0.3 is 10.5 Å². The summed E-state index contributed by atoms with van der Waals surface area (Å²) in [5, 5.41) is 3.66. The molecule has 0 aliphatic carbocycles. The predicted octanol–water partition coefficient (Wildman–Crippen LogP) is 0.456. The van der Waals surface area contributed by atoms with Gasteiger partial charge in [-0.3, -0.25) is 0 Å². The smallest absolute Gasteiger partial charge is 0.427 e. The topological polar surface area (TPSA) is 76.7 Å². The zero-order chi connectivity index (χ0) is 9.56. The third kappa shape index (κ3) is 5.67. The fraction of sp³-hybridized carbons (Fsp3) is 0.714. The van der Waals surface area contributed by atoms with Gasteiger partial charge in [0.2, 0.25) is 0 Å². The second-order valence-corrected chi connectivity index (χ2v) is 2.62. The summed E-state index contributed by atoms with van der Waals surface area (Å²) >= 11 is 0. The van der Waals surface area contributed by atoms with Crippen molar-refractivity contribution in [2.45, 2.75) is 26.9 Å². The van der Waals surface area contributed by atoms with E-state index < -0.39 is 6.09 Å². The summed E-state index contributed by atoms with van der Waals surface area (Å²) in [7, 11) is 0. The molecule has 0 saturated heterocycles. The first-order valence-electron chi connectivity index (χ1n) is 3.76. The molecule has 0 aromatic rings. The summed E-state index contributed by atoms with van der Waals surface area (Å²) in [6.07, 6.45) is -0.698. The van der Waals surface area contributed by atoms with E-state index in [0.29, 0.717) is 12.3 Å². The molecule has 0 aliphatic heterocycles. The van der Waals surface area contributed by atoms with Gasteiger partial charge in [0.05, 0.1) is 6.10 Å². The highest BCUT2D eigenvalue weighted by molar-refractivity contribution is 5.84. The molecule has 0 unspecified atom stereocenters. The van der Waals surface area contributed by atoms with Gasteiger partial charge in [-0.15, -0.1) is 0 Å². The van der Waals surface area contributed by atoms with E-state index in [1.807, 2.05) is 0 Å². The average molecular weight is 173 g/mol. The molecule has 0 aromatic heterocycles. The Kier molecular flexibility index (Phi) is 5.03. The fourth-order valence-corrected chi connectivity index (χ4v) is 0.427. The molecule has 0 heterocycles. The average Bonchev–Trinajstić information content (AvgIpc) is 1.99. The highest BCUT2D eigenvalue weighted by atomic mass is 16.6. The van der Waals surface area contributed by atoms with Crippen LogP contribution >= 0.6 is 0 Å². The van der Waals surface area contributed by atoms with Crippen LogP contribution in [-0.4, -0.2) is 24.5 Å². The van der Waals surface area contributed by atoms with E-state index in [2.05, 4.69) is 10.5 Å². The zero-order valence-corrected chi connectivity index (χ0v) is 7.63. The molecule has 0 spiro atoms. The number of carbonyl (C=O) groups excluding carboxylic acids is 1. The summed E-state index contributed by atoms with van der Waals surface area (Å²) in [5.74, 6) is 0. The highest BCUT2D eigenvalue weighted by Gasteiger charge is 2.01. The highest BCUT2D eigenvalue weighted by Crippen LogP contribution is 1.87. The van der Waals surface area contributed by atoms with Crippen LogP contribution < -0.4 is 11.2 Å². The quantitative estimate of drug-likeness (QED) is 0.480. The normalized spacial score (nSPS) is 11.6. The lowest BCUT2D eigenvalue weighted by Gasteiger charge is -2.06. The number of nitrogens with two attached hydrogens (primary N) is 1. The first kappa shape index (κ1) is 10.9. The van der Waals surface area contributed by atoms with Crippen molar-refractivity contribution in [3.8, 4) is 0 Å². The van der Waals surface area contributed by atoms with Crippen molar-refractivity contribution in [2.75, 3.05) is 6.54 Å². The standard InChI is InChI=1S/C7H15N3O2/c1-5(2)12-7(11)10-9-6(3)4-8/h5H,4,8H2,1-3H3,(H,10,11)/b9-6+. The van der Waals surface area contributed by atoms with E-state index >= 15 is 0 Å². The predicted molar refractivity (Wildman–Crippen MR) is 46.9 cm³/mol. The van der Waals surface area contributed by atoms with Gasteiger partial charge in [-0.25, -0.2) is 10.2 Å². The molecule has 0 atom stereocenters. The Bertz CT molecular complexity index is 177. The molecule has 3 N–H and O–H groups in total. The molecule has 0 bridgehead atoms. The van der Waals surface area contributed by atoms with Crippen LogP contribution in [0.4, 0.5) is 4.79 Å². The van der Waals surface area contributed by atoms with Crippen molar-refractivity contribution < 1.29 is 9.53 Å². The third-order valence-electron chi connectivity index (χ3n) is 0.976. The Balaban J connectivity index is 3.71. The Morgan fingerprint density at radius 1 is 1.67 bits per heavy atom. The maximum atomic E-state index is 10.8. The number of carbonyl (C=O) groups is 1. The molecule has 0 fully saturated rings. The molecule has 0 rings (SSSR count). The van der Waals surface area contributed by atoms with Crippen LogP contribution in [0.2, 0.25) is 0 Å². The van der Waals surface area contributed by atoms with Crippen LogP contribution in [0.5, 0.6) is 0 Å². The maximum Gasteiger partial charge on any atom is 0.427 e. The summed E-state index contributed by atoms with van der Waals surface area (Å²) in [6.45, 7) is 5.57. The summed E-state index contributed by atoms with van der Waals surface area (Å²) in [4.78, 5) is 10.8. The van der Waals surface area contributed by atoms with E-state index in [0.717, 1.165) is 0 Å². The lowest BCUT2D eigenvalue weighted by Crippen LogP contribution is -2.24. The van der Waals surface area contributed by atoms with Crippen molar-refractivity contribution in [3.63, 3.8) is 0 Å². The third-order valence-corrected chi connectivity index (χ3v) is 0.976. The van der Waals surface area contributed by atoms with Crippen LogP contribution in [0, 0.1) is 0 Å². The van der Waals surface area contributed by atoms with Gasteiger partial charge in [-0.1, -0.05) is 0 Å². The van der Waals surface area contributed by atoms with E-state index in [-0.39, 0.29) is 6.10 Å². The number of ether oxygens (including phenoxy) is 1. The van der Waals surface area contributed by atoms with Gasteiger partial charge in [-0.05, 0) is 20.8 Å². The lowest BCUT2D eigenvalue weighted by atomic mass is 10.4. The number of hydrazone groups is 1. The van der Waals surface area contributed by atoms with E-state index in [9.17, 15) is 4.79 Å². The zero-order valence-electron chi connectivity index (χ0n) is 7.63. The Morgan fingerprint density at radius 3 is 2.67 bits per heavy atom. The number of nitrogens with zero attached hydrogens (tertiary/aromatic N) is 1. The molecule has 0 aliphatic rings. The molecule has 5 heteroatoms. The molecule has 1 amide bonds. The van der Waals surface area contributed by atoms with Crippen LogP contribution in [0.25, 0.3) is 0 Å². The summed E-state index contributed by atoms with van der Waals surface area (Å²) < 4.78 is 4.75. The van der Waals surface area contributed by atoms with Crippen LogP contribution in [0.3, 0.4) is 0 Å². The summed E-state index contributed by atoms with van der Waals surface area (Å²) in [5.41, 5.74) is 8.10. The summed E-state index contributed by atoms with van der Waals surface area (Å²) in [6, 6.07) is 0. The Labute approximate surface area is 72.0 Å². The second-order valence-electron chi connectivity index (χ2n) is 2.62. The van der Waals surface area contributed by atoms with Crippen molar-refractivity contribution >= 4 is 11.8 Å².